The average Bonchev–Trinajstić information content (AvgIpc) is 3.05. The van der Waals surface area contributed by atoms with Gasteiger partial charge in [-0.3, -0.25) is 0 Å². The van der Waals surface area contributed by atoms with Gasteiger partial charge in [-0.15, -0.1) is 0 Å². The van der Waals surface area contributed by atoms with Crippen molar-refractivity contribution in [2.75, 3.05) is 0 Å². The van der Waals surface area contributed by atoms with E-state index in [1.165, 1.54) is 6.07 Å². The van der Waals surface area contributed by atoms with Crippen molar-refractivity contribution in [3.8, 4) is 0 Å². The molecule has 0 bridgehead atoms. The van der Waals surface area contributed by atoms with Crippen LogP contribution in [0.1, 0.15) is 31.4 Å². The van der Waals surface area contributed by atoms with Crippen molar-refractivity contribution in [2.45, 2.75) is 25.8 Å². The monoisotopic (exact) mass is 289 g/mol. The summed E-state index contributed by atoms with van der Waals surface area (Å²) in [6, 6.07) is 1.92. The van der Waals surface area contributed by atoms with Crippen molar-refractivity contribution in [3.63, 3.8) is 0 Å². The lowest BCUT2D eigenvalue weighted by Gasteiger charge is -2.20. The highest BCUT2D eigenvalue weighted by atomic mass is 79.9. The van der Waals surface area contributed by atoms with Crippen LogP contribution < -0.4 is 5.73 Å². The Hall–Kier alpha value is -0.480. The molecule has 1 aromatic rings. The van der Waals surface area contributed by atoms with Crippen LogP contribution in [0.15, 0.2) is 16.6 Å². The maximum atomic E-state index is 13.6. The largest absolute Gasteiger partial charge is 0.324 e. The van der Waals surface area contributed by atoms with Crippen LogP contribution >= 0.6 is 15.9 Å². The first-order chi connectivity index (χ1) is 7.50. The second kappa shape index (κ2) is 4.41. The number of hydrogen-bond acceptors (Lipinski definition) is 1. The summed E-state index contributed by atoms with van der Waals surface area (Å²) in [7, 11) is 0. The Morgan fingerprint density at radius 1 is 1.31 bits per heavy atom. The zero-order valence-electron chi connectivity index (χ0n) is 9.01. The summed E-state index contributed by atoms with van der Waals surface area (Å²) in [4.78, 5) is 0. The third-order valence-corrected chi connectivity index (χ3v) is 3.94. The molecule has 2 rings (SSSR count). The van der Waals surface area contributed by atoms with Crippen molar-refractivity contribution >= 4 is 15.9 Å². The minimum Gasteiger partial charge on any atom is -0.324 e. The Morgan fingerprint density at radius 2 is 1.94 bits per heavy atom. The lowest BCUT2D eigenvalue weighted by atomic mass is 9.91. The van der Waals surface area contributed by atoms with Crippen LogP contribution in [-0.4, -0.2) is 0 Å². The zero-order chi connectivity index (χ0) is 11.9. The smallest absolute Gasteiger partial charge is 0.137 e. The van der Waals surface area contributed by atoms with Gasteiger partial charge in [-0.1, -0.05) is 6.92 Å². The van der Waals surface area contributed by atoms with Gasteiger partial charge in [0, 0.05) is 11.6 Å². The van der Waals surface area contributed by atoms with E-state index in [-0.39, 0.29) is 16.0 Å². The lowest BCUT2D eigenvalue weighted by molar-refractivity contribution is 0.402. The van der Waals surface area contributed by atoms with E-state index in [2.05, 4.69) is 15.9 Å². The molecule has 0 radical (unpaired) electrons. The second-order valence-electron chi connectivity index (χ2n) is 4.51. The predicted octanol–water partition coefficient (Wildman–Crippen LogP) is 3.77. The fraction of sp³-hybridized carbons (Fsp3) is 0.500. The highest BCUT2D eigenvalue weighted by molar-refractivity contribution is 9.10. The summed E-state index contributed by atoms with van der Waals surface area (Å²) in [5.41, 5.74) is 6.26. The first kappa shape index (κ1) is 12.0. The molecule has 1 fully saturated rings. The summed E-state index contributed by atoms with van der Waals surface area (Å²) in [6.07, 6.45) is 2.30. The second-order valence-corrected chi connectivity index (χ2v) is 5.36. The van der Waals surface area contributed by atoms with E-state index in [0.717, 1.165) is 18.9 Å². The van der Waals surface area contributed by atoms with Gasteiger partial charge in [0.1, 0.15) is 11.6 Å². The molecule has 0 aliphatic heterocycles. The molecular formula is C12H14BrF2N. The van der Waals surface area contributed by atoms with Crippen LogP contribution in [0.5, 0.6) is 0 Å². The molecule has 0 spiro atoms. The van der Waals surface area contributed by atoms with Gasteiger partial charge in [0.25, 0.3) is 0 Å². The molecule has 1 saturated carbocycles. The van der Waals surface area contributed by atoms with Crippen molar-refractivity contribution < 1.29 is 8.78 Å². The standard InChI is InChI=1S/C12H14BrF2N/c1-6(7-2-3-7)12(16)8-4-11(15)9(13)5-10(8)14/h4-7,12H,2-3,16H2,1H3. The molecule has 0 saturated heterocycles. The molecule has 0 heterocycles. The predicted molar refractivity (Wildman–Crippen MR) is 62.9 cm³/mol. The molecule has 88 valence electrons. The summed E-state index contributed by atoms with van der Waals surface area (Å²) in [5, 5.41) is 0. The first-order valence-electron chi connectivity index (χ1n) is 5.40. The number of rotatable bonds is 3. The minimum atomic E-state index is -0.463. The Labute approximate surface area is 102 Å². The first-order valence-corrected chi connectivity index (χ1v) is 6.20. The van der Waals surface area contributed by atoms with Gasteiger partial charge >= 0.3 is 0 Å². The Bertz CT molecular complexity index is 404. The molecule has 0 amide bonds. The van der Waals surface area contributed by atoms with Gasteiger partial charge in [-0.2, -0.15) is 0 Å². The normalized spacial score (nSPS) is 19.6. The van der Waals surface area contributed by atoms with Gasteiger partial charge in [0.05, 0.1) is 4.47 Å². The summed E-state index contributed by atoms with van der Waals surface area (Å²) < 4.78 is 27.1. The molecule has 1 aliphatic carbocycles. The SMILES string of the molecule is CC(C1CC1)C(N)c1cc(F)c(Br)cc1F. The summed E-state index contributed by atoms with van der Waals surface area (Å²) >= 11 is 2.95. The third kappa shape index (κ3) is 2.28. The van der Waals surface area contributed by atoms with Gasteiger partial charge in [-0.05, 0) is 52.7 Å². The van der Waals surface area contributed by atoms with E-state index >= 15 is 0 Å². The Balaban J connectivity index is 2.28. The average molecular weight is 290 g/mol. The summed E-state index contributed by atoms with van der Waals surface area (Å²) in [6.45, 7) is 2.00. The Kier molecular flexibility index (Phi) is 3.31. The van der Waals surface area contributed by atoms with E-state index in [0.29, 0.717) is 5.92 Å². The van der Waals surface area contributed by atoms with Gasteiger partial charge in [-0.25, -0.2) is 8.78 Å². The minimum absolute atomic E-state index is 0.139. The van der Waals surface area contributed by atoms with E-state index in [9.17, 15) is 8.78 Å². The molecule has 16 heavy (non-hydrogen) atoms. The highest BCUT2D eigenvalue weighted by Gasteiger charge is 2.33. The molecule has 0 aromatic heterocycles. The number of benzene rings is 1. The van der Waals surface area contributed by atoms with E-state index in [1.807, 2.05) is 6.92 Å². The van der Waals surface area contributed by atoms with Gasteiger partial charge in [0.2, 0.25) is 0 Å². The lowest BCUT2D eigenvalue weighted by Crippen LogP contribution is -2.22. The highest BCUT2D eigenvalue weighted by Crippen LogP contribution is 2.42. The van der Waals surface area contributed by atoms with E-state index in [4.69, 9.17) is 5.73 Å². The maximum Gasteiger partial charge on any atom is 0.137 e. The van der Waals surface area contributed by atoms with Crippen molar-refractivity contribution in [3.05, 3.63) is 33.8 Å². The number of hydrogen-bond donors (Lipinski definition) is 1. The van der Waals surface area contributed by atoms with Crippen LogP contribution in [0.25, 0.3) is 0 Å². The van der Waals surface area contributed by atoms with Crippen LogP contribution in [-0.2, 0) is 0 Å². The van der Waals surface area contributed by atoms with E-state index in [1.54, 1.807) is 0 Å². The van der Waals surface area contributed by atoms with Crippen molar-refractivity contribution in [1.29, 1.82) is 0 Å². The van der Waals surface area contributed by atoms with E-state index < -0.39 is 17.7 Å². The fourth-order valence-electron chi connectivity index (χ4n) is 1.99. The Morgan fingerprint density at radius 3 is 2.50 bits per heavy atom. The van der Waals surface area contributed by atoms with Gasteiger partial charge < -0.3 is 5.73 Å². The third-order valence-electron chi connectivity index (χ3n) is 3.33. The van der Waals surface area contributed by atoms with Crippen molar-refractivity contribution in [1.82, 2.24) is 0 Å². The number of nitrogens with two attached hydrogens (primary N) is 1. The molecular weight excluding hydrogens is 276 g/mol. The maximum absolute atomic E-state index is 13.6. The van der Waals surface area contributed by atoms with Crippen LogP contribution in [0, 0.1) is 23.5 Å². The molecule has 2 N–H and O–H groups in total. The van der Waals surface area contributed by atoms with Crippen LogP contribution in [0.2, 0.25) is 0 Å². The summed E-state index contributed by atoms with van der Waals surface area (Å²) in [5.74, 6) is -0.126. The van der Waals surface area contributed by atoms with Crippen LogP contribution in [0.3, 0.4) is 0 Å². The zero-order valence-corrected chi connectivity index (χ0v) is 10.6. The number of halogens is 3. The topological polar surface area (TPSA) is 26.0 Å². The molecule has 1 aliphatic rings. The van der Waals surface area contributed by atoms with Gasteiger partial charge in [0.15, 0.2) is 0 Å². The molecule has 1 nitrogen and oxygen atoms in total. The quantitative estimate of drug-likeness (QED) is 0.842. The van der Waals surface area contributed by atoms with Crippen molar-refractivity contribution in [2.24, 2.45) is 17.6 Å². The molecule has 2 atom stereocenters. The van der Waals surface area contributed by atoms with Crippen LogP contribution in [0.4, 0.5) is 8.78 Å². The molecule has 1 aromatic carbocycles. The molecule has 2 unspecified atom stereocenters. The fourth-order valence-corrected chi connectivity index (χ4v) is 2.31. The molecule has 4 heteroatoms.